The molecule has 0 heterocycles. The maximum absolute atomic E-state index is 11.6. The normalized spacial score (nSPS) is 28.3. The number of carbonyl (C=O) groups is 1. The highest BCUT2D eigenvalue weighted by Gasteiger charge is 2.24. The van der Waals surface area contributed by atoms with Crippen LogP contribution in [0.25, 0.3) is 0 Å². The summed E-state index contributed by atoms with van der Waals surface area (Å²) in [5.41, 5.74) is 0. The molecule has 0 spiro atoms. The molecule has 0 aromatic rings. The largest absolute Gasteiger partial charge is 0.391 e. The number of carbonyl (C=O) groups excluding carboxylic acids is 1. The van der Waals surface area contributed by atoms with E-state index in [-0.39, 0.29) is 30.5 Å². The van der Waals surface area contributed by atoms with Crippen LogP contribution in [0.5, 0.6) is 0 Å². The summed E-state index contributed by atoms with van der Waals surface area (Å²) in [6, 6.07) is -0.0241. The average Bonchev–Trinajstić information content (AvgIpc) is 3.05. The van der Waals surface area contributed by atoms with Crippen LogP contribution in [0.3, 0.4) is 0 Å². The molecule has 2 saturated carbocycles. The lowest BCUT2D eigenvalue weighted by atomic mass is 9.92. The Morgan fingerprint density at radius 3 is 2.53 bits per heavy atom. The molecule has 2 rings (SSSR count). The predicted molar refractivity (Wildman–Crippen MR) is 69.2 cm³/mol. The first kappa shape index (κ1) is 14.7. The van der Waals surface area contributed by atoms with E-state index in [4.69, 9.17) is 0 Å². The topological polar surface area (TPSA) is 61.4 Å². The number of halogens is 1. The van der Waals surface area contributed by atoms with Crippen LogP contribution >= 0.6 is 12.4 Å². The highest BCUT2D eigenvalue weighted by molar-refractivity contribution is 5.85. The van der Waals surface area contributed by atoms with Gasteiger partial charge < -0.3 is 15.7 Å². The first-order valence-electron chi connectivity index (χ1n) is 6.44. The molecule has 17 heavy (non-hydrogen) atoms. The summed E-state index contributed by atoms with van der Waals surface area (Å²) in [5, 5.41) is 15.8. The predicted octanol–water partition coefficient (Wildman–Crippen LogP) is 0.827. The van der Waals surface area contributed by atoms with Gasteiger partial charge in [0, 0.05) is 0 Å². The van der Waals surface area contributed by atoms with Crippen LogP contribution in [0.2, 0.25) is 0 Å². The number of amides is 1. The SMILES string of the molecule is Cl.O=C(CNCC1CC1)N[C@@H]1CCCC[C@H]1O. The van der Waals surface area contributed by atoms with Gasteiger partial charge in [0.1, 0.15) is 0 Å². The molecule has 0 unspecified atom stereocenters. The minimum atomic E-state index is -0.346. The number of nitrogens with one attached hydrogen (secondary N) is 2. The van der Waals surface area contributed by atoms with Crippen LogP contribution in [-0.2, 0) is 4.79 Å². The molecule has 4 nitrogen and oxygen atoms in total. The Labute approximate surface area is 109 Å². The molecular weight excluding hydrogens is 240 g/mol. The van der Waals surface area contributed by atoms with E-state index >= 15 is 0 Å². The molecule has 0 aromatic carbocycles. The van der Waals surface area contributed by atoms with Gasteiger partial charge in [-0.15, -0.1) is 12.4 Å². The summed E-state index contributed by atoms with van der Waals surface area (Å²) in [6.07, 6.45) is 6.17. The minimum Gasteiger partial charge on any atom is -0.391 e. The maximum atomic E-state index is 11.6. The van der Waals surface area contributed by atoms with Crippen molar-refractivity contribution < 1.29 is 9.90 Å². The Hall–Kier alpha value is -0.320. The van der Waals surface area contributed by atoms with Crippen molar-refractivity contribution in [3.8, 4) is 0 Å². The average molecular weight is 263 g/mol. The van der Waals surface area contributed by atoms with E-state index < -0.39 is 0 Å². The lowest BCUT2D eigenvalue weighted by Crippen LogP contribution is -2.47. The minimum absolute atomic E-state index is 0. The Morgan fingerprint density at radius 1 is 1.18 bits per heavy atom. The van der Waals surface area contributed by atoms with E-state index in [1.807, 2.05) is 0 Å². The summed E-state index contributed by atoms with van der Waals surface area (Å²) in [4.78, 5) is 11.6. The van der Waals surface area contributed by atoms with Crippen LogP contribution in [0.1, 0.15) is 38.5 Å². The van der Waals surface area contributed by atoms with Gasteiger partial charge in [0.2, 0.25) is 5.91 Å². The Kier molecular flexibility index (Phi) is 6.23. The van der Waals surface area contributed by atoms with Crippen molar-refractivity contribution in [3.63, 3.8) is 0 Å². The summed E-state index contributed by atoms with van der Waals surface area (Å²) >= 11 is 0. The molecule has 0 aromatic heterocycles. The van der Waals surface area contributed by atoms with E-state index in [9.17, 15) is 9.90 Å². The lowest BCUT2D eigenvalue weighted by molar-refractivity contribution is -0.122. The van der Waals surface area contributed by atoms with Crippen molar-refractivity contribution in [2.75, 3.05) is 13.1 Å². The number of rotatable bonds is 5. The Balaban J connectivity index is 0.00000144. The zero-order valence-electron chi connectivity index (χ0n) is 10.2. The van der Waals surface area contributed by atoms with Gasteiger partial charge in [0.25, 0.3) is 0 Å². The molecular formula is C12H23ClN2O2. The van der Waals surface area contributed by atoms with Crippen molar-refractivity contribution in [3.05, 3.63) is 0 Å². The molecule has 2 fully saturated rings. The van der Waals surface area contributed by atoms with E-state index in [0.717, 1.165) is 38.1 Å². The third-order valence-corrected chi connectivity index (χ3v) is 3.49. The fourth-order valence-electron chi connectivity index (χ4n) is 2.25. The Morgan fingerprint density at radius 2 is 1.88 bits per heavy atom. The smallest absolute Gasteiger partial charge is 0.234 e. The van der Waals surface area contributed by atoms with E-state index in [0.29, 0.717) is 6.54 Å². The zero-order valence-corrected chi connectivity index (χ0v) is 11.0. The second-order valence-electron chi connectivity index (χ2n) is 5.10. The van der Waals surface area contributed by atoms with Crippen molar-refractivity contribution in [1.82, 2.24) is 10.6 Å². The van der Waals surface area contributed by atoms with Crippen LogP contribution in [0, 0.1) is 5.92 Å². The van der Waals surface area contributed by atoms with Gasteiger partial charge in [-0.2, -0.15) is 0 Å². The fraction of sp³-hybridized carbons (Fsp3) is 0.917. The van der Waals surface area contributed by atoms with Gasteiger partial charge in [0.15, 0.2) is 0 Å². The van der Waals surface area contributed by atoms with Gasteiger partial charge >= 0.3 is 0 Å². The molecule has 1 amide bonds. The summed E-state index contributed by atoms with van der Waals surface area (Å²) in [6.45, 7) is 1.35. The van der Waals surface area contributed by atoms with E-state index in [1.54, 1.807) is 0 Å². The zero-order chi connectivity index (χ0) is 11.4. The van der Waals surface area contributed by atoms with Gasteiger partial charge in [-0.3, -0.25) is 4.79 Å². The van der Waals surface area contributed by atoms with Gasteiger partial charge in [-0.1, -0.05) is 12.8 Å². The monoisotopic (exact) mass is 262 g/mol. The van der Waals surface area contributed by atoms with Crippen molar-refractivity contribution in [2.24, 2.45) is 5.92 Å². The second kappa shape index (κ2) is 7.19. The number of aliphatic hydroxyl groups is 1. The summed E-state index contributed by atoms with van der Waals surface area (Å²) in [7, 11) is 0. The van der Waals surface area contributed by atoms with Gasteiger partial charge in [-0.25, -0.2) is 0 Å². The van der Waals surface area contributed by atoms with Crippen LogP contribution in [0.4, 0.5) is 0 Å². The highest BCUT2D eigenvalue weighted by atomic mass is 35.5. The van der Waals surface area contributed by atoms with E-state index in [2.05, 4.69) is 10.6 Å². The molecule has 0 radical (unpaired) electrons. The molecule has 2 atom stereocenters. The van der Waals surface area contributed by atoms with Crippen molar-refractivity contribution in [1.29, 1.82) is 0 Å². The summed E-state index contributed by atoms with van der Waals surface area (Å²) in [5.74, 6) is 0.819. The molecule has 3 N–H and O–H groups in total. The van der Waals surface area contributed by atoms with Crippen molar-refractivity contribution in [2.45, 2.75) is 50.7 Å². The lowest BCUT2D eigenvalue weighted by Gasteiger charge is -2.28. The second-order valence-corrected chi connectivity index (χ2v) is 5.10. The Bertz CT molecular complexity index is 247. The van der Waals surface area contributed by atoms with Crippen LogP contribution < -0.4 is 10.6 Å². The molecule has 0 saturated heterocycles. The number of hydrogen-bond acceptors (Lipinski definition) is 3. The quantitative estimate of drug-likeness (QED) is 0.688. The molecule has 5 heteroatoms. The highest BCUT2D eigenvalue weighted by Crippen LogP contribution is 2.27. The first-order chi connectivity index (χ1) is 7.75. The van der Waals surface area contributed by atoms with Crippen molar-refractivity contribution >= 4 is 18.3 Å². The molecule has 0 aliphatic heterocycles. The van der Waals surface area contributed by atoms with E-state index in [1.165, 1.54) is 12.8 Å². The molecule has 2 aliphatic carbocycles. The third kappa shape index (κ3) is 5.23. The van der Waals surface area contributed by atoms with Gasteiger partial charge in [-0.05, 0) is 38.1 Å². The first-order valence-corrected chi connectivity index (χ1v) is 6.44. The fourth-order valence-corrected chi connectivity index (χ4v) is 2.25. The van der Waals surface area contributed by atoms with Crippen LogP contribution in [-0.4, -0.2) is 36.2 Å². The molecule has 0 bridgehead atoms. The van der Waals surface area contributed by atoms with Gasteiger partial charge in [0.05, 0.1) is 18.7 Å². The molecule has 100 valence electrons. The standard InChI is InChI=1S/C12H22N2O2.ClH/c15-11-4-2-1-3-10(11)14-12(16)8-13-7-9-5-6-9;/h9-11,13,15H,1-8H2,(H,14,16);1H/t10-,11-;/m1./s1. The number of hydrogen-bond donors (Lipinski definition) is 3. The third-order valence-electron chi connectivity index (χ3n) is 3.49. The summed E-state index contributed by atoms with van der Waals surface area (Å²) < 4.78 is 0. The molecule has 2 aliphatic rings. The van der Waals surface area contributed by atoms with Crippen LogP contribution in [0.15, 0.2) is 0 Å². The number of aliphatic hydroxyl groups excluding tert-OH is 1. The maximum Gasteiger partial charge on any atom is 0.234 e.